The van der Waals surface area contributed by atoms with Crippen LogP contribution in [0, 0.1) is 10.1 Å². The Balaban J connectivity index is 1.42. The van der Waals surface area contributed by atoms with E-state index in [0.717, 1.165) is 40.9 Å². The Bertz CT molecular complexity index is 1170. The summed E-state index contributed by atoms with van der Waals surface area (Å²) in [6, 6.07) is 8.84. The number of quaternary nitrogens is 1. The lowest BCUT2D eigenvalue weighted by Crippen LogP contribution is -3.10. The molecule has 0 saturated carbocycles. The third kappa shape index (κ3) is 5.01. The molecule has 1 N–H and O–H groups in total. The SMILES string of the molecule is O=C1N=C(N2CC[NH+](c3cccc(C(F)(F)F)c3)CC2)SC1=Cc1ccc([O-])c([N+](=O)[O-])c1. The van der Waals surface area contributed by atoms with E-state index in [-0.39, 0.29) is 4.91 Å². The summed E-state index contributed by atoms with van der Waals surface area (Å²) in [7, 11) is 0. The molecule has 0 bridgehead atoms. The van der Waals surface area contributed by atoms with Gasteiger partial charge in [-0.05, 0) is 41.3 Å². The minimum absolute atomic E-state index is 0.269. The number of nitro groups is 1. The molecule has 0 aliphatic carbocycles. The molecule has 8 nitrogen and oxygen atoms in total. The molecule has 2 aromatic rings. The molecule has 2 aliphatic heterocycles. The fraction of sp³-hybridized carbons (Fsp3) is 0.238. The summed E-state index contributed by atoms with van der Waals surface area (Å²) in [4.78, 5) is 29.6. The summed E-state index contributed by atoms with van der Waals surface area (Å²) in [5.41, 5.74) is -0.358. The van der Waals surface area contributed by atoms with Crippen LogP contribution in [0.15, 0.2) is 52.4 Å². The quantitative estimate of drug-likeness (QED) is 0.412. The number of hydrogen-bond acceptors (Lipinski definition) is 6. The highest BCUT2D eigenvalue weighted by molar-refractivity contribution is 8.18. The first-order valence-electron chi connectivity index (χ1n) is 9.87. The predicted molar refractivity (Wildman–Crippen MR) is 114 cm³/mol. The summed E-state index contributed by atoms with van der Waals surface area (Å²) in [5, 5.41) is 23.0. The lowest BCUT2D eigenvalue weighted by molar-refractivity contribution is -0.837. The number of hydrogen-bond donors (Lipinski definition) is 1. The average molecular weight is 478 g/mol. The minimum Gasteiger partial charge on any atom is -0.868 e. The predicted octanol–water partition coefficient (Wildman–Crippen LogP) is 2.19. The van der Waals surface area contributed by atoms with Crippen molar-refractivity contribution in [1.29, 1.82) is 0 Å². The Morgan fingerprint density at radius 1 is 1.15 bits per heavy atom. The maximum atomic E-state index is 13.0. The van der Waals surface area contributed by atoms with E-state index < -0.39 is 34.0 Å². The van der Waals surface area contributed by atoms with Crippen molar-refractivity contribution >= 4 is 40.3 Å². The number of carbonyl (C=O) groups is 1. The smallest absolute Gasteiger partial charge is 0.416 e. The highest BCUT2D eigenvalue weighted by Crippen LogP contribution is 2.33. The molecule has 0 aromatic heterocycles. The lowest BCUT2D eigenvalue weighted by atomic mass is 10.1. The number of rotatable bonds is 3. The van der Waals surface area contributed by atoms with E-state index >= 15 is 0 Å². The Morgan fingerprint density at radius 3 is 2.55 bits per heavy atom. The normalized spacial score (nSPS) is 18.6. The van der Waals surface area contributed by atoms with Crippen molar-refractivity contribution < 1.29 is 32.9 Å². The Hall–Kier alpha value is -3.38. The van der Waals surface area contributed by atoms with Crippen LogP contribution >= 0.6 is 11.8 Å². The van der Waals surface area contributed by atoms with E-state index in [9.17, 15) is 33.2 Å². The van der Waals surface area contributed by atoms with E-state index in [0.29, 0.717) is 42.6 Å². The van der Waals surface area contributed by atoms with Crippen LogP contribution in [0.1, 0.15) is 11.1 Å². The second kappa shape index (κ2) is 8.87. The average Bonchev–Trinajstić information content (AvgIpc) is 3.14. The highest BCUT2D eigenvalue weighted by Gasteiger charge is 2.33. The van der Waals surface area contributed by atoms with Crippen LogP contribution in [0.25, 0.3) is 6.08 Å². The Kier molecular flexibility index (Phi) is 6.13. The van der Waals surface area contributed by atoms with Crippen molar-refractivity contribution in [3.8, 4) is 5.75 Å². The van der Waals surface area contributed by atoms with Gasteiger partial charge in [0.1, 0.15) is 5.69 Å². The Morgan fingerprint density at radius 2 is 1.88 bits per heavy atom. The van der Waals surface area contributed by atoms with Crippen LogP contribution in [-0.2, 0) is 11.0 Å². The number of amidine groups is 1. The van der Waals surface area contributed by atoms with Gasteiger partial charge in [-0.15, -0.1) is 0 Å². The second-order valence-electron chi connectivity index (χ2n) is 7.46. The number of nitro benzene ring substituents is 1. The molecule has 2 aromatic carbocycles. The van der Waals surface area contributed by atoms with Gasteiger partial charge in [0.25, 0.3) is 11.6 Å². The van der Waals surface area contributed by atoms with Crippen LogP contribution in [0.5, 0.6) is 5.75 Å². The molecular formula is C21H17F3N4O4S. The fourth-order valence-electron chi connectivity index (χ4n) is 3.62. The molecule has 172 valence electrons. The zero-order chi connectivity index (χ0) is 23.8. The number of nitrogens with zero attached hydrogens (tertiary/aromatic N) is 3. The zero-order valence-corrected chi connectivity index (χ0v) is 17.8. The van der Waals surface area contributed by atoms with Crippen molar-refractivity contribution in [3.05, 3.63) is 68.6 Å². The molecule has 1 fully saturated rings. The van der Waals surface area contributed by atoms with Crippen molar-refractivity contribution in [3.63, 3.8) is 0 Å². The molecule has 1 saturated heterocycles. The molecule has 0 spiro atoms. The third-order valence-corrected chi connectivity index (χ3v) is 6.37. The summed E-state index contributed by atoms with van der Waals surface area (Å²) >= 11 is 1.12. The van der Waals surface area contributed by atoms with Crippen LogP contribution in [0.2, 0.25) is 0 Å². The van der Waals surface area contributed by atoms with Gasteiger partial charge in [0.05, 0.1) is 41.6 Å². The van der Waals surface area contributed by atoms with Crippen molar-refractivity contribution in [2.75, 3.05) is 26.2 Å². The van der Waals surface area contributed by atoms with Gasteiger partial charge in [0, 0.05) is 12.1 Å². The maximum absolute atomic E-state index is 13.0. The number of carbonyl (C=O) groups excluding carboxylic acids is 1. The van der Waals surface area contributed by atoms with Gasteiger partial charge in [0.2, 0.25) is 0 Å². The first-order chi connectivity index (χ1) is 15.6. The summed E-state index contributed by atoms with van der Waals surface area (Å²) < 4.78 is 39.0. The lowest BCUT2D eigenvalue weighted by Gasteiger charge is -2.32. The first kappa shape index (κ1) is 22.8. The largest absolute Gasteiger partial charge is 0.868 e. The third-order valence-electron chi connectivity index (χ3n) is 5.32. The molecule has 4 rings (SSSR count). The van der Waals surface area contributed by atoms with Crippen LogP contribution in [-0.4, -0.2) is 47.1 Å². The number of thioether (sulfide) groups is 1. The zero-order valence-electron chi connectivity index (χ0n) is 17.0. The second-order valence-corrected chi connectivity index (χ2v) is 8.47. The van der Waals surface area contributed by atoms with Gasteiger partial charge in [-0.25, -0.2) is 0 Å². The molecule has 33 heavy (non-hydrogen) atoms. The molecule has 1 amide bonds. The van der Waals surface area contributed by atoms with E-state index in [4.69, 9.17) is 0 Å². The maximum Gasteiger partial charge on any atom is 0.416 e. The topological polar surface area (TPSA) is 103 Å². The van der Waals surface area contributed by atoms with Gasteiger partial charge < -0.3 is 10.0 Å². The number of benzene rings is 2. The molecule has 0 radical (unpaired) electrons. The van der Waals surface area contributed by atoms with Gasteiger partial charge in [-0.2, -0.15) is 18.2 Å². The molecule has 2 aliphatic rings. The summed E-state index contributed by atoms with van der Waals surface area (Å²) in [6.07, 6.45) is -2.95. The minimum atomic E-state index is -4.40. The fourth-order valence-corrected chi connectivity index (χ4v) is 4.59. The number of halogens is 3. The van der Waals surface area contributed by atoms with Crippen LogP contribution in [0.3, 0.4) is 0 Å². The number of nitrogens with one attached hydrogen (secondary N) is 1. The van der Waals surface area contributed by atoms with Crippen LogP contribution < -0.4 is 10.0 Å². The molecule has 0 atom stereocenters. The van der Waals surface area contributed by atoms with Crippen molar-refractivity contribution in [1.82, 2.24) is 4.90 Å². The highest BCUT2D eigenvalue weighted by atomic mass is 32.2. The van der Waals surface area contributed by atoms with Gasteiger partial charge in [0.15, 0.2) is 5.17 Å². The Labute approximate surface area is 190 Å². The number of alkyl halides is 3. The van der Waals surface area contributed by atoms with Gasteiger partial charge in [-0.3, -0.25) is 19.8 Å². The first-order valence-corrected chi connectivity index (χ1v) is 10.7. The molecular weight excluding hydrogens is 461 g/mol. The number of amides is 1. The standard InChI is InChI=1S/C21H17F3N4O4S/c22-21(23,24)14-2-1-3-15(12-14)26-6-8-27(9-7-26)20-25-19(30)18(33-20)11-13-4-5-17(29)16(10-13)28(31)32/h1-5,10-12,29H,6-9H2. The van der Waals surface area contributed by atoms with Gasteiger partial charge >= 0.3 is 6.18 Å². The number of aliphatic imine (C=N–C) groups is 1. The van der Waals surface area contributed by atoms with E-state index in [1.54, 1.807) is 6.07 Å². The molecule has 0 unspecified atom stereocenters. The van der Waals surface area contributed by atoms with Crippen molar-refractivity contribution in [2.45, 2.75) is 6.18 Å². The summed E-state index contributed by atoms with van der Waals surface area (Å²) in [5.74, 6) is -1.21. The van der Waals surface area contributed by atoms with Crippen molar-refractivity contribution in [2.24, 2.45) is 4.99 Å². The summed E-state index contributed by atoms with van der Waals surface area (Å²) in [6.45, 7) is 2.05. The number of piperazine rings is 1. The molecule has 12 heteroatoms. The monoisotopic (exact) mass is 478 g/mol. The van der Waals surface area contributed by atoms with Crippen LogP contribution in [0.4, 0.5) is 24.5 Å². The van der Waals surface area contributed by atoms with Gasteiger partial charge in [-0.1, -0.05) is 18.2 Å². The molecule has 2 heterocycles. The van der Waals surface area contributed by atoms with E-state index in [1.807, 2.05) is 4.90 Å². The van der Waals surface area contributed by atoms with E-state index in [1.165, 1.54) is 18.2 Å². The van der Waals surface area contributed by atoms with E-state index in [2.05, 4.69) is 4.99 Å².